The Kier molecular flexibility index (Phi) is 2.60. The largest absolute Gasteiger partial charge is 0.356 e. The van der Waals surface area contributed by atoms with Gasteiger partial charge in [-0.3, -0.25) is 10.1 Å². The molecule has 1 saturated carbocycles. The average Bonchev–Trinajstić information content (AvgIpc) is 2.75. The second-order valence-corrected chi connectivity index (χ2v) is 5.16. The summed E-state index contributed by atoms with van der Waals surface area (Å²) < 4.78 is 0. The Balaban J connectivity index is 2.07. The van der Waals surface area contributed by atoms with Crippen molar-refractivity contribution < 1.29 is 4.92 Å². The number of nitro groups is 1. The molecule has 0 aromatic carbocycles. The Morgan fingerprint density at radius 1 is 1.60 bits per heavy atom. The molecular weight excluding hydrogens is 214 g/mol. The summed E-state index contributed by atoms with van der Waals surface area (Å²) >= 11 is 1.11. The SMILES string of the molecule is CC1(Nc2ncc([N+](=O)[O-])s2)CCCC1. The highest BCUT2D eigenvalue weighted by Gasteiger charge is 2.29. The van der Waals surface area contributed by atoms with Gasteiger partial charge in [-0.05, 0) is 31.1 Å². The van der Waals surface area contributed by atoms with Crippen molar-refractivity contribution in [1.82, 2.24) is 4.98 Å². The third-order valence-electron chi connectivity index (χ3n) is 2.79. The summed E-state index contributed by atoms with van der Waals surface area (Å²) in [6, 6.07) is 0. The van der Waals surface area contributed by atoms with E-state index in [9.17, 15) is 10.1 Å². The molecule has 0 spiro atoms. The molecule has 15 heavy (non-hydrogen) atoms. The van der Waals surface area contributed by atoms with E-state index >= 15 is 0 Å². The lowest BCUT2D eigenvalue weighted by Gasteiger charge is -2.24. The van der Waals surface area contributed by atoms with Crippen molar-refractivity contribution in [3.63, 3.8) is 0 Å². The molecule has 0 amide bonds. The molecule has 1 heterocycles. The molecule has 0 bridgehead atoms. The Labute approximate surface area is 91.7 Å². The van der Waals surface area contributed by atoms with Crippen molar-refractivity contribution in [3.05, 3.63) is 16.3 Å². The van der Waals surface area contributed by atoms with E-state index in [2.05, 4.69) is 17.2 Å². The van der Waals surface area contributed by atoms with Gasteiger partial charge in [0.2, 0.25) is 0 Å². The van der Waals surface area contributed by atoms with Crippen molar-refractivity contribution >= 4 is 21.5 Å². The van der Waals surface area contributed by atoms with E-state index in [0.29, 0.717) is 5.13 Å². The number of hydrogen-bond donors (Lipinski definition) is 1. The van der Waals surface area contributed by atoms with Gasteiger partial charge in [0, 0.05) is 5.54 Å². The van der Waals surface area contributed by atoms with Crippen molar-refractivity contribution in [2.24, 2.45) is 0 Å². The number of rotatable bonds is 3. The van der Waals surface area contributed by atoms with Crippen LogP contribution in [0.1, 0.15) is 32.6 Å². The van der Waals surface area contributed by atoms with Crippen LogP contribution in [-0.2, 0) is 0 Å². The maximum Gasteiger partial charge on any atom is 0.345 e. The van der Waals surface area contributed by atoms with Gasteiger partial charge in [-0.25, -0.2) is 4.98 Å². The highest BCUT2D eigenvalue weighted by molar-refractivity contribution is 7.18. The zero-order valence-corrected chi connectivity index (χ0v) is 9.34. The molecule has 1 N–H and O–H groups in total. The van der Waals surface area contributed by atoms with Crippen LogP contribution in [0.3, 0.4) is 0 Å². The van der Waals surface area contributed by atoms with Gasteiger partial charge in [-0.15, -0.1) is 0 Å². The zero-order valence-electron chi connectivity index (χ0n) is 8.52. The Morgan fingerprint density at radius 2 is 2.27 bits per heavy atom. The number of aromatic nitrogens is 1. The van der Waals surface area contributed by atoms with E-state index in [1.54, 1.807) is 0 Å². The summed E-state index contributed by atoms with van der Waals surface area (Å²) in [6.45, 7) is 2.15. The van der Waals surface area contributed by atoms with Crippen LogP contribution < -0.4 is 5.32 Å². The fourth-order valence-corrected chi connectivity index (χ4v) is 2.73. The van der Waals surface area contributed by atoms with Gasteiger partial charge >= 0.3 is 5.00 Å². The van der Waals surface area contributed by atoms with Gasteiger partial charge in [0.05, 0.1) is 4.92 Å². The highest BCUT2D eigenvalue weighted by atomic mass is 32.1. The van der Waals surface area contributed by atoms with E-state index < -0.39 is 4.92 Å². The van der Waals surface area contributed by atoms with E-state index in [4.69, 9.17) is 0 Å². The highest BCUT2D eigenvalue weighted by Crippen LogP contribution is 2.35. The predicted molar refractivity (Wildman–Crippen MR) is 59.3 cm³/mol. The number of anilines is 1. The number of thiazole rings is 1. The zero-order chi connectivity index (χ0) is 10.9. The average molecular weight is 227 g/mol. The van der Waals surface area contributed by atoms with Crippen LogP contribution >= 0.6 is 11.3 Å². The van der Waals surface area contributed by atoms with Gasteiger partial charge in [-0.2, -0.15) is 0 Å². The van der Waals surface area contributed by atoms with Crippen LogP contribution in [0.4, 0.5) is 10.1 Å². The van der Waals surface area contributed by atoms with Gasteiger partial charge in [-0.1, -0.05) is 12.8 Å². The summed E-state index contributed by atoms with van der Waals surface area (Å²) in [4.78, 5) is 14.1. The Morgan fingerprint density at radius 3 is 2.80 bits per heavy atom. The number of nitrogens with one attached hydrogen (secondary N) is 1. The quantitative estimate of drug-likeness (QED) is 0.636. The Bertz CT molecular complexity index is 371. The molecule has 0 radical (unpaired) electrons. The molecule has 0 atom stereocenters. The van der Waals surface area contributed by atoms with E-state index in [-0.39, 0.29) is 10.5 Å². The minimum absolute atomic E-state index is 0.0751. The van der Waals surface area contributed by atoms with E-state index in [0.717, 1.165) is 24.2 Å². The van der Waals surface area contributed by atoms with Crippen LogP contribution in [0.25, 0.3) is 0 Å². The van der Waals surface area contributed by atoms with Crippen LogP contribution in [-0.4, -0.2) is 15.4 Å². The fraction of sp³-hybridized carbons (Fsp3) is 0.667. The second kappa shape index (κ2) is 3.77. The first-order valence-corrected chi connectivity index (χ1v) is 5.79. The minimum Gasteiger partial charge on any atom is -0.356 e. The topological polar surface area (TPSA) is 68.1 Å². The number of nitrogens with zero attached hydrogens (tertiary/aromatic N) is 2. The maximum absolute atomic E-state index is 10.5. The van der Waals surface area contributed by atoms with Gasteiger partial charge in [0.15, 0.2) is 5.13 Å². The molecule has 0 aliphatic heterocycles. The van der Waals surface area contributed by atoms with Crippen molar-refractivity contribution in [3.8, 4) is 0 Å². The molecule has 1 aromatic heterocycles. The first kappa shape index (κ1) is 10.4. The summed E-state index contributed by atoms with van der Waals surface area (Å²) in [5, 5.41) is 14.5. The molecule has 2 rings (SSSR count). The summed E-state index contributed by atoms with van der Waals surface area (Å²) in [5.74, 6) is 0. The molecule has 5 nitrogen and oxygen atoms in total. The predicted octanol–water partition coefficient (Wildman–Crippen LogP) is 2.80. The minimum atomic E-state index is -0.403. The van der Waals surface area contributed by atoms with Gasteiger partial charge in [0.25, 0.3) is 0 Å². The smallest absolute Gasteiger partial charge is 0.345 e. The van der Waals surface area contributed by atoms with Crippen LogP contribution in [0.5, 0.6) is 0 Å². The van der Waals surface area contributed by atoms with E-state index in [1.807, 2.05) is 0 Å². The van der Waals surface area contributed by atoms with Crippen molar-refractivity contribution in [2.75, 3.05) is 5.32 Å². The lowest BCUT2D eigenvalue weighted by Crippen LogP contribution is -2.30. The van der Waals surface area contributed by atoms with E-state index in [1.165, 1.54) is 19.0 Å². The monoisotopic (exact) mass is 227 g/mol. The van der Waals surface area contributed by atoms with Crippen LogP contribution in [0, 0.1) is 10.1 Å². The Hall–Kier alpha value is -1.17. The van der Waals surface area contributed by atoms with Crippen LogP contribution in [0.2, 0.25) is 0 Å². The maximum atomic E-state index is 10.5. The standard InChI is InChI=1S/C9H13N3O2S/c1-9(4-2-3-5-9)11-8-10-6-7(15-8)12(13)14/h6H,2-5H2,1H3,(H,10,11). The molecule has 1 fully saturated rings. The first-order chi connectivity index (χ1) is 7.09. The normalized spacial score (nSPS) is 19.0. The van der Waals surface area contributed by atoms with Crippen molar-refractivity contribution in [1.29, 1.82) is 0 Å². The second-order valence-electron chi connectivity index (χ2n) is 4.15. The molecule has 6 heteroatoms. The first-order valence-electron chi connectivity index (χ1n) is 4.97. The molecule has 82 valence electrons. The molecule has 1 aliphatic carbocycles. The summed E-state index contributed by atoms with van der Waals surface area (Å²) in [7, 11) is 0. The number of hydrogen-bond acceptors (Lipinski definition) is 5. The lowest BCUT2D eigenvalue weighted by atomic mass is 10.0. The third kappa shape index (κ3) is 2.26. The molecule has 1 aromatic rings. The van der Waals surface area contributed by atoms with Crippen LogP contribution in [0.15, 0.2) is 6.20 Å². The van der Waals surface area contributed by atoms with Gasteiger partial charge < -0.3 is 5.32 Å². The third-order valence-corrected chi connectivity index (χ3v) is 3.65. The lowest BCUT2D eigenvalue weighted by molar-refractivity contribution is -0.380. The molecular formula is C9H13N3O2S. The molecule has 0 saturated heterocycles. The summed E-state index contributed by atoms with van der Waals surface area (Å²) in [5.41, 5.74) is 0.0751. The van der Waals surface area contributed by atoms with Gasteiger partial charge in [0.1, 0.15) is 6.20 Å². The molecule has 0 unspecified atom stereocenters. The summed E-state index contributed by atoms with van der Waals surface area (Å²) in [6.07, 6.45) is 5.97. The fourth-order valence-electron chi connectivity index (χ4n) is 1.95. The van der Waals surface area contributed by atoms with Crippen molar-refractivity contribution in [2.45, 2.75) is 38.1 Å². The molecule has 1 aliphatic rings.